The van der Waals surface area contributed by atoms with Crippen LogP contribution >= 0.6 is 0 Å². The van der Waals surface area contributed by atoms with E-state index in [1.54, 1.807) is 0 Å². The number of amides is 1. The van der Waals surface area contributed by atoms with E-state index in [0.29, 0.717) is 12.8 Å². The van der Waals surface area contributed by atoms with Gasteiger partial charge in [-0.2, -0.15) is 0 Å². The molecular formula is C42H79NO3. The highest BCUT2D eigenvalue weighted by atomic mass is 16.3. The zero-order valence-corrected chi connectivity index (χ0v) is 30.8. The van der Waals surface area contributed by atoms with Gasteiger partial charge >= 0.3 is 0 Å². The smallest absolute Gasteiger partial charge is 0.220 e. The van der Waals surface area contributed by atoms with Crippen molar-refractivity contribution in [3.63, 3.8) is 0 Å². The largest absolute Gasteiger partial charge is 0.394 e. The summed E-state index contributed by atoms with van der Waals surface area (Å²) in [5.41, 5.74) is 0. The predicted molar refractivity (Wildman–Crippen MR) is 202 cm³/mol. The summed E-state index contributed by atoms with van der Waals surface area (Å²) in [4.78, 5) is 12.2. The second-order valence-electron chi connectivity index (χ2n) is 13.7. The van der Waals surface area contributed by atoms with Crippen molar-refractivity contribution in [2.24, 2.45) is 0 Å². The predicted octanol–water partition coefficient (Wildman–Crippen LogP) is 12.2. The standard InChI is InChI=1S/C42H79NO3/c1-3-5-7-8-9-10-11-12-13-14-15-16-17-18-19-20-21-22-23-24-25-26-27-28-29-30-31-32-33-34-36-38-42(46)43-40(39-44)41(45)37-35-6-4-2/h11-12,14-15,17-18,40-41,44-45H,3-10,13,16,19-39H2,1-2H3,(H,43,46)/b12-11-,15-14-,18-17-. The molecule has 0 saturated heterocycles. The highest BCUT2D eigenvalue weighted by Crippen LogP contribution is 2.15. The van der Waals surface area contributed by atoms with Gasteiger partial charge in [-0.05, 0) is 51.4 Å². The molecule has 0 aromatic carbocycles. The third-order valence-corrected chi connectivity index (χ3v) is 9.15. The maximum Gasteiger partial charge on any atom is 0.220 e. The van der Waals surface area contributed by atoms with Crippen LogP contribution in [0.2, 0.25) is 0 Å². The minimum atomic E-state index is -0.654. The highest BCUT2D eigenvalue weighted by molar-refractivity contribution is 5.76. The molecule has 1 amide bonds. The van der Waals surface area contributed by atoms with Crippen LogP contribution in [0.5, 0.6) is 0 Å². The van der Waals surface area contributed by atoms with E-state index in [1.165, 1.54) is 135 Å². The number of hydrogen-bond donors (Lipinski definition) is 3. The summed E-state index contributed by atoms with van der Waals surface area (Å²) < 4.78 is 0. The molecule has 0 fully saturated rings. The van der Waals surface area contributed by atoms with Gasteiger partial charge in [0.1, 0.15) is 0 Å². The molecule has 0 rings (SSSR count). The van der Waals surface area contributed by atoms with Gasteiger partial charge in [-0.1, -0.05) is 185 Å². The topological polar surface area (TPSA) is 69.6 Å². The summed E-state index contributed by atoms with van der Waals surface area (Å²) in [5.74, 6) is -0.0436. The Kier molecular flexibility index (Phi) is 36.9. The van der Waals surface area contributed by atoms with Gasteiger partial charge < -0.3 is 15.5 Å². The molecule has 3 N–H and O–H groups in total. The van der Waals surface area contributed by atoms with Crippen LogP contribution in [-0.2, 0) is 4.79 Å². The molecule has 0 bridgehead atoms. The molecule has 0 aromatic rings. The fraction of sp³-hybridized carbons (Fsp3) is 0.833. The number of nitrogens with one attached hydrogen (secondary N) is 1. The van der Waals surface area contributed by atoms with Gasteiger partial charge in [0, 0.05) is 6.42 Å². The Morgan fingerprint density at radius 3 is 1.33 bits per heavy atom. The first-order valence-corrected chi connectivity index (χ1v) is 20.2. The van der Waals surface area contributed by atoms with Gasteiger partial charge in [0.05, 0.1) is 18.8 Å². The quantitative estimate of drug-likeness (QED) is 0.0469. The molecular weight excluding hydrogens is 566 g/mol. The second-order valence-corrected chi connectivity index (χ2v) is 13.7. The van der Waals surface area contributed by atoms with Crippen LogP contribution in [0.25, 0.3) is 0 Å². The van der Waals surface area contributed by atoms with Gasteiger partial charge in [0.25, 0.3) is 0 Å². The second kappa shape index (κ2) is 38.1. The number of hydrogen-bond acceptors (Lipinski definition) is 3. The van der Waals surface area contributed by atoms with Gasteiger partial charge in [-0.15, -0.1) is 0 Å². The molecule has 0 aliphatic heterocycles. The first-order chi connectivity index (χ1) is 22.7. The Hall–Kier alpha value is -1.39. The van der Waals surface area contributed by atoms with E-state index in [9.17, 15) is 15.0 Å². The van der Waals surface area contributed by atoms with Crippen LogP contribution in [0.15, 0.2) is 36.5 Å². The molecule has 0 aromatic heterocycles. The molecule has 46 heavy (non-hydrogen) atoms. The van der Waals surface area contributed by atoms with Crippen molar-refractivity contribution in [1.29, 1.82) is 0 Å². The first kappa shape index (κ1) is 44.6. The number of aliphatic hydroxyl groups excluding tert-OH is 2. The summed E-state index contributed by atoms with van der Waals surface area (Å²) in [7, 11) is 0. The van der Waals surface area contributed by atoms with Crippen molar-refractivity contribution in [1.82, 2.24) is 5.32 Å². The molecule has 0 saturated carbocycles. The van der Waals surface area contributed by atoms with Gasteiger partial charge in [-0.25, -0.2) is 0 Å². The summed E-state index contributed by atoms with van der Waals surface area (Å²) in [6.45, 7) is 4.20. The zero-order valence-electron chi connectivity index (χ0n) is 30.8. The lowest BCUT2D eigenvalue weighted by Crippen LogP contribution is -2.45. The Morgan fingerprint density at radius 1 is 0.522 bits per heavy atom. The molecule has 2 atom stereocenters. The minimum absolute atomic E-state index is 0.0436. The summed E-state index contributed by atoms with van der Waals surface area (Å²) in [5, 5.41) is 22.5. The number of rotatable bonds is 36. The Labute approximate surface area is 287 Å². The van der Waals surface area contributed by atoms with Crippen molar-refractivity contribution in [3.8, 4) is 0 Å². The van der Waals surface area contributed by atoms with Crippen LogP contribution in [0.1, 0.15) is 206 Å². The molecule has 0 spiro atoms. The van der Waals surface area contributed by atoms with Crippen molar-refractivity contribution in [3.05, 3.63) is 36.5 Å². The van der Waals surface area contributed by atoms with Crippen molar-refractivity contribution >= 4 is 5.91 Å². The van der Waals surface area contributed by atoms with E-state index in [2.05, 4.69) is 55.6 Å². The van der Waals surface area contributed by atoms with Crippen LogP contribution in [-0.4, -0.2) is 34.9 Å². The molecule has 0 radical (unpaired) electrons. The van der Waals surface area contributed by atoms with E-state index >= 15 is 0 Å². The number of carbonyl (C=O) groups excluding carboxylic acids is 1. The monoisotopic (exact) mass is 646 g/mol. The SMILES string of the molecule is CCCCCCC/C=C\C/C=C\C/C=C\CCCCCCCCCCCCCCCCCCC(=O)NC(CO)C(O)CCCCC. The van der Waals surface area contributed by atoms with Crippen LogP contribution in [0.4, 0.5) is 0 Å². The normalized spacial score (nSPS) is 13.4. The third-order valence-electron chi connectivity index (χ3n) is 9.15. The van der Waals surface area contributed by atoms with Gasteiger partial charge in [-0.3, -0.25) is 4.79 Å². The summed E-state index contributed by atoms with van der Waals surface area (Å²) in [6, 6.07) is -0.530. The number of aliphatic hydroxyl groups is 2. The lowest BCUT2D eigenvalue weighted by molar-refractivity contribution is -0.123. The molecule has 270 valence electrons. The number of carbonyl (C=O) groups is 1. The maximum absolute atomic E-state index is 12.2. The first-order valence-electron chi connectivity index (χ1n) is 20.2. The fourth-order valence-corrected chi connectivity index (χ4v) is 6.01. The Morgan fingerprint density at radius 2 is 0.891 bits per heavy atom. The van der Waals surface area contributed by atoms with E-state index in [1.807, 2.05) is 0 Å². The highest BCUT2D eigenvalue weighted by Gasteiger charge is 2.19. The molecule has 4 nitrogen and oxygen atoms in total. The lowest BCUT2D eigenvalue weighted by atomic mass is 10.0. The molecule has 0 heterocycles. The Bertz CT molecular complexity index is 701. The van der Waals surface area contributed by atoms with E-state index in [0.717, 1.165) is 44.9 Å². The number of allylic oxidation sites excluding steroid dienone is 6. The Balaban J connectivity index is 3.36. The lowest BCUT2D eigenvalue weighted by Gasteiger charge is -2.22. The van der Waals surface area contributed by atoms with Gasteiger partial charge in [0.15, 0.2) is 0 Å². The molecule has 0 aliphatic rings. The zero-order chi connectivity index (χ0) is 33.6. The van der Waals surface area contributed by atoms with E-state index < -0.39 is 12.1 Å². The summed E-state index contributed by atoms with van der Waals surface area (Å²) in [6.07, 6.45) is 50.0. The molecule has 4 heteroatoms. The molecule has 2 unspecified atom stereocenters. The van der Waals surface area contributed by atoms with Crippen LogP contribution in [0.3, 0.4) is 0 Å². The number of unbranched alkanes of at least 4 members (excludes halogenated alkanes) is 23. The van der Waals surface area contributed by atoms with Crippen molar-refractivity contribution < 1.29 is 15.0 Å². The van der Waals surface area contributed by atoms with E-state index in [-0.39, 0.29) is 12.5 Å². The summed E-state index contributed by atoms with van der Waals surface area (Å²) >= 11 is 0. The maximum atomic E-state index is 12.2. The minimum Gasteiger partial charge on any atom is -0.394 e. The van der Waals surface area contributed by atoms with Crippen molar-refractivity contribution in [2.75, 3.05) is 6.61 Å². The fourth-order valence-electron chi connectivity index (χ4n) is 6.01. The average molecular weight is 646 g/mol. The van der Waals surface area contributed by atoms with Crippen molar-refractivity contribution in [2.45, 2.75) is 219 Å². The molecule has 0 aliphatic carbocycles. The van der Waals surface area contributed by atoms with Crippen LogP contribution < -0.4 is 5.32 Å². The average Bonchev–Trinajstić information content (AvgIpc) is 3.06. The van der Waals surface area contributed by atoms with Gasteiger partial charge in [0.2, 0.25) is 5.91 Å². The van der Waals surface area contributed by atoms with E-state index in [4.69, 9.17) is 0 Å². The third kappa shape index (κ3) is 34.0. The van der Waals surface area contributed by atoms with Crippen LogP contribution in [0, 0.1) is 0 Å².